The zero-order valence-electron chi connectivity index (χ0n) is 7.26. The van der Waals surface area contributed by atoms with E-state index in [1.54, 1.807) is 7.11 Å². The molecule has 0 bridgehead atoms. The molecule has 0 spiro atoms. The highest BCUT2D eigenvalue weighted by Gasteiger charge is 2.37. The summed E-state index contributed by atoms with van der Waals surface area (Å²) in [4.78, 5) is 2.31. The highest BCUT2D eigenvalue weighted by molar-refractivity contribution is 4.95. The Morgan fingerprint density at radius 1 is 1.64 bits per heavy atom. The number of hydrogen-bond acceptors (Lipinski definition) is 2. The average Bonchev–Trinajstić information content (AvgIpc) is 1.96. The first kappa shape index (κ1) is 8.58. The highest BCUT2D eigenvalue weighted by Crippen LogP contribution is 2.23. The third kappa shape index (κ3) is 1.95. The molecule has 1 saturated heterocycles. The minimum Gasteiger partial charge on any atom is -0.376 e. The Bertz CT molecular complexity index is 165. The van der Waals surface area contributed by atoms with Gasteiger partial charge in [-0.25, -0.2) is 0 Å². The molecule has 1 heterocycles. The standard InChI is InChI=1S/C9H15NO/c1-4-5-6-10-7-9(2,8-10)11-3/h1H,5-8H2,2-3H3. The van der Waals surface area contributed by atoms with Crippen LogP contribution in [0.2, 0.25) is 0 Å². The van der Waals surface area contributed by atoms with E-state index in [0.717, 1.165) is 26.1 Å². The van der Waals surface area contributed by atoms with Crippen molar-refractivity contribution in [3.63, 3.8) is 0 Å². The molecule has 2 nitrogen and oxygen atoms in total. The minimum absolute atomic E-state index is 0.0919. The number of hydrogen-bond donors (Lipinski definition) is 0. The van der Waals surface area contributed by atoms with E-state index in [4.69, 9.17) is 11.2 Å². The number of ether oxygens (including phenoxy) is 1. The predicted molar refractivity (Wildman–Crippen MR) is 45.3 cm³/mol. The lowest BCUT2D eigenvalue weighted by Crippen LogP contribution is -2.60. The molecular formula is C9H15NO. The zero-order chi connectivity index (χ0) is 8.32. The van der Waals surface area contributed by atoms with E-state index in [1.807, 2.05) is 0 Å². The van der Waals surface area contributed by atoms with Crippen molar-refractivity contribution >= 4 is 0 Å². The summed E-state index contributed by atoms with van der Waals surface area (Å²) in [5.41, 5.74) is 0.0919. The van der Waals surface area contributed by atoms with Crippen LogP contribution in [0.25, 0.3) is 0 Å². The third-order valence-corrected chi connectivity index (χ3v) is 2.18. The fourth-order valence-electron chi connectivity index (χ4n) is 1.41. The van der Waals surface area contributed by atoms with Crippen LogP contribution >= 0.6 is 0 Å². The van der Waals surface area contributed by atoms with Gasteiger partial charge in [-0.15, -0.1) is 12.3 Å². The maximum Gasteiger partial charge on any atom is 0.0903 e. The number of nitrogens with zero attached hydrogens (tertiary/aromatic N) is 1. The number of likely N-dealkylation sites (tertiary alicyclic amines) is 1. The van der Waals surface area contributed by atoms with Gasteiger partial charge in [0.25, 0.3) is 0 Å². The molecule has 0 radical (unpaired) electrons. The lowest BCUT2D eigenvalue weighted by Gasteiger charge is -2.46. The van der Waals surface area contributed by atoms with Crippen LogP contribution in [-0.4, -0.2) is 37.2 Å². The minimum atomic E-state index is 0.0919. The van der Waals surface area contributed by atoms with E-state index in [2.05, 4.69) is 17.7 Å². The molecule has 0 atom stereocenters. The van der Waals surface area contributed by atoms with Crippen molar-refractivity contribution in [1.29, 1.82) is 0 Å². The normalized spacial score (nSPS) is 22.3. The van der Waals surface area contributed by atoms with Gasteiger partial charge in [0.1, 0.15) is 0 Å². The van der Waals surface area contributed by atoms with Crippen molar-refractivity contribution in [3.8, 4) is 12.3 Å². The number of methoxy groups -OCH3 is 1. The van der Waals surface area contributed by atoms with E-state index in [1.165, 1.54) is 0 Å². The molecule has 0 unspecified atom stereocenters. The van der Waals surface area contributed by atoms with Crippen LogP contribution in [0, 0.1) is 12.3 Å². The molecular weight excluding hydrogens is 138 g/mol. The first-order chi connectivity index (χ1) is 5.20. The average molecular weight is 153 g/mol. The molecule has 0 aromatic carbocycles. The summed E-state index contributed by atoms with van der Waals surface area (Å²) in [7, 11) is 1.76. The summed E-state index contributed by atoms with van der Waals surface area (Å²) in [5.74, 6) is 2.63. The van der Waals surface area contributed by atoms with Crippen LogP contribution in [-0.2, 0) is 4.74 Å². The topological polar surface area (TPSA) is 12.5 Å². The second-order valence-corrected chi connectivity index (χ2v) is 3.32. The molecule has 11 heavy (non-hydrogen) atoms. The van der Waals surface area contributed by atoms with Crippen molar-refractivity contribution in [3.05, 3.63) is 0 Å². The summed E-state index contributed by atoms with van der Waals surface area (Å²) >= 11 is 0. The van der Waals surface area contributed by atoms with Crippen molar-refractivity contribution < 1.29 is 4.74 Å². The molecule has 1 aliphatic rings. The largest absolute Gasteiger partial charge is 0.376 e. The van der Waals surface area contributed by atoms with Gasteiger partial charge in [0.2, 0.25) is 0 Å². The van der Waals surface area contributed by atoms with Crippen molar-refractivity contribution in [2.75, 3.05) is 26.7 Å². The van der Waals surface area contributed by atoms with E-state index in [-0.39, 0.29) is 5.60 Å². The van der Waals surface area contributed by atoms with Crippen LogP contribution in [0.3, 0.4) is 0 Å². The van der Waals surface area contributed by atoms with E-state index in [9.17, 15) is 0 Å². The first-order valence-corrected chi connectivity index (χ1v) is 3.91. The van der Waals surface area contributed by atoms with Crippen LogP contribution in [0.4, 0.5) is 0 Å². The molecule has 0 aliphatic carbocycles. The van der Waals surface area contributed by atoms with Gasteiger partial charge < -0.3 is 4.74 Å². The van der Waals surface area contributed by atoms with Gasteiger partial charge in [0.15, 0.2) is 0 Å². The van der Waals surface area contributed by atoms with Gasteiger partial charge >= 0.3 is 0 Å². The Kier molecular flexibility index (Phi) is 2.53. The first-order valence-electron chi connectivity index (χ1n) is 3.91. The molecule has 2 heteroatoms. The second-order valence-electron chi connectivity index (χ2n) is 3.32. The van der Waals surface area contributed by atoms with Crippen molar-refractivity contribution in [1.82, 2.24) is 4.90 Å². The molecule has 0 N–H and O–H groups in total. The Morgan fingerprint density at radius 3 is 2.73 bits per heavy atom. The summed E-state index contributed by atoms with van der Waals surface area (Å²) in [5, 5.41) is 0. The van der Waals surface area contributed by atoms with Gasteiger partial charge in [-0.2, -0.15) is 0 Å². The van der Waals surface area contributed by atoms with Gasteiger partial charge in [-0.1, -0.05) is 0 Å². The lowest BCUT2D eigenvalue weighted by atomic mass is 9.96. The van der Waals surface area contributed by atoms with Crippen LogP contribution in [0.15, 0.2) is 0 Å². The number of terminal acetylenes is 1. The number of rotatable bonds is 3. The smallest absolute Gasteiger partial charge is 0.0903 e. The quantitative estimate of drug-likeness (QED) is 0.554. The Morgan fingerprint density at radius 2 is 2.27 bits per heavy atom. The Labute approximate surface area is 68.5 Å². The third-order valence-electron chi connectivity index (χ3n) is 2.18. The van der Waals surface area contributed by atoms with Crippen molar-refractivity contribution in [2.24, 2.45) is 0 Å². The molecule has 0 aromatic heterocycles. The van der Waals surface area contributed by atoms with E-state index in [0.29, 0.717) is 0 Å². The van der Waals surface area contributed by atoms with Crippen LogP contribution in [0.1, 0.15) is 13.3 Å². The maximum atomic E-state index is 5.29. The van der Waals surface area contributed by atoms with Crippen LogP contribution in [0.5, 0.6) is 0 Å². The van der Waals surface area contributed by atoms with Gasteiger partial charge in [-0.3, -0.25) is 4.90 Å². The van der Waals surface area contributed by atoms with Gasteiger partial charge in [0.05, 0.1) is 5.60 Å². The molecule has 62 valence electrons. The monoisotopic (exact) mass is 153 g/mol. The summed E-state index contributed by atoms with van der Waals surface area (Å²) in [6, 6.07) is 0. The highest BCUT2D eigenvalue weighted by atomic mass is 16.5. The maximum absolute atomic E-state index is 5.29. The van der Waals surface area contributed by atoms with Gasteiger partial charge in [-0.05, 0) is 6.92 Å². The van der Waals surface area contributed by atoms with Crippen LogP contribution < -0.4 is 0 Å². The fraction of sp³-hybridized carbons (Fsp3) is 0.778. The molecule has 1 fully saturated rings. The van der Waals surface area contributed by atoms with Gasteiger partial charge in [0, 0.05) is 33.2 Å². The molecule has 0 aromatic rings. The van der Waals surface area contributed by atoms with E-state index >= 15 is 0 Å². The van der Waals surface area contributed by atoms with Crippen molar-refractivity contribution in [2.45, 2.75) is 18.9 Å². The Balaban J connectivity index is 2.14. The summed E-state index contributed by atoms with van der Waals surface area (Å²) < 4.78 is 5.29. The molecule has 1 rings (SSSR count). The molecule has 1 aliphatic heterocycles. The molecule has 0 amide bonds. The summed E-state index contributed by atoms with van der Waals surface area (Å²) in [6.07, 6.45) is 5.99. The SMILES string of the molecule is C#CCCN1CC(C)(OC)C1. The summed E-state index contributed by atoms with van der Waals surface area (Å²) in [6.45, 7) is 5.17. The predicted octanol–water partition coefficient (Wildman–Crippen LogP) is 0.730. The van der Waals surface area contributed by atoms with E-state index < -0.39 is 0 Å². The fourth-order valence-corrected chi connectivity index (χ4v) is 1.41. The zero-order valence-corrected chi connectivity index (χ0v) is 7.26. The molecule has 0 saturated carbocycles. The second kappa shape index (κ2) is 3.25. The lowest BCUT2D eigenvalue weighted by molar-refractivity contribution is -0.109. The Hall–Kier alpha value is -0.520.